The maximum atomic E-state index is 7.36. The molecule has 284 valence electrons. The van der Waals surface area contributed by atoms with Crippen LogP contribution in [0.25, 0.3) is 22.5 Å². The van der Waals surface area contributed by atoms with Crippen LogP contribution in [0.5, 0.6) is 11.5 Å². The van der Waals surface area contributed by atoms with Crippen molar-refractivity contribution in [2.24, 2.45) is 10.8 Å². The van der Waals surface area contributed by atoms with Crippen LogP contribution in [0.3, 0.4) is 0 Å². The Morgan fingerprint density at radius 3 is 1.05 bits per heavy atom. The molecule has 0 radical (unpaired) electrons. The molecular formula is C53H56N2O. The van der Waals surface area contributed by atoms with E-state index in [0.717, 1.165) is 56.5 Å². The van der Waals surface area contributed by atoms with E-state index in [1.807, 2.05) is 0 Å². The molecule has 6 aromatic rings. The highest BCUT2D eigenvalue weighted by Gasteiger charge is 2.61. The van der Waals surface area contributed by atoms with Crippen LogP contribution in [0.4, 0.5) is 0 Å². The monoisotopic (exact) mass is 736 g/mol. The lowest BCUT2D eigenvalue weighted by molar-refractivity contribution is 0.125. The maximum absolute atomic E-state index is 7.36. The molecule has 2 aromatic heterocycles. The third-order valence-corrected chi connectivity index (χ3v) is 16.6. The lowest BCUT2D eigenvalue weighted by Gasteiger charge is -2.44. The van der Waals surface area contributed by atoms with Gasteiger partial charge in [0.2, 0.25) is 0 Å². The zero-order valence-corrected chi connectivity index (χ0v) is 35.3. The predicted molar refractivity (Wildman–Crippen MR) is 231 cm³/mol. The van der Waals surface area contributed by atoms with Crippen molar-refractivity contribution >= 4 is 0 Å². The van der Waals surface area contributed by atoms with Gasteiger partial charge in [-0.2, -0.15) is 0 Å². The number of fused-ring (bicyclic) bond motifs is 4. The van der Waals surface area contributed by atoms with Crippen molar-refractivity contribution in [3.63, 3.8) is 0 Å². The van der Waals surface area contributed by atoms with Crippen molar-refractivity contribution in [3.05, 3.63) is 166 Å². The van der Waals surface area contributed by atoms with Gasteiger partial charge in [-0.25, -0.2) is 0 Å². The second-order valence-electron chi connectivity index (χ2n) is 19.9. The maximum Gasteiger partial charge on any atom is 0.132 e. The van der Waals surface area contributed by atoms with Crippen molar-refractivity contribution < 1.29 is 4.74 Å². The van der Waals surface area contributed by atoms with Crippen LogP contribution in [0, 0.1) is 10.8 Å². The van der Waals surface area contributed by atoms with Gasteiger partial charge in [0.15, 0.2) is 0 Å². The highest BCUT2D eigenvalue weighted by molar-refractivity contribution is 5.74. The van der Waals surface area contributed by atoms with E-state index in [1.165, 1.54) is 22.3 Å². The van der Waals surface area contributed by atoms with Gasteiger partial charge in [0.1, 0.15) is 16.9 Å². The number of hydrogen-bond acceptors (Lipinski definition) is 3. The number of rotatable bonds is 4. The molecule has 0 bridgehead atoms. The molecule has 3 aliphatic rings. The van der Waals surface area contributed by atoms with Gasteiger partial charge in [0.25, 0.3) is 0 Å². The molecule has 4 aromatic carbocycles. The van der Waals surface area contributed by atoms with Crippen LogP contribution in [0.2, 0.25) is 0 Å². The van der Waals surface area contributed by atoms with E-state index in [4.69, 9.17) is 14.7 Å². The van der Waals surface area contributed by atoms with Crippen LogP contribution in [-0.4, -0.2) is 9.97 Å². The number of aromatic nitrogens is 2. The van der Waals surface area contributed by atoms with E-state index in [0.29, 0.717) is 0 Å². The van der Waals surface area contributed by atoms with E-state index in [-0.39, 0.29) is 32.5 Å². The second-order valence-corrected chi connectivity index (χ2v) is 19.9. The van der Waals surface area contributed by atoms with Crippen molar-refractivity contribution in [1.82, 2.24) is 9.97 Å². The average Bonchev–Trinajstić information content (AvgIpc) is 3.35. The highest BCUT2D eigenvalue weighted by Crippen LogP contribution is 2.67. The number of ether oxygens (including phenoxy) is 1. The molecule has 0 spiro atoms. The average molecular weight is 737 g/mol. The number of nitrogens with zero attached hydrogens (tertiary/aromatic N) is 2. The molecule has 0 saturated heterocycles. The van der Waals surface area contributed by atoms with Crippen molar-refractivity contribution in [2.75, 3.05) is 0 Å². The first-order chi connectivity index (χ1) is 26.3. The van der Waals surface area contributed by atoms with Crippen molar-refractivity contribution in [3.8, 4) is 34.0 Å². The largest absolute Gasteiger partial charge is 0.457 e. The molecule has 3 nitrogen and oxygen atoms in total. The Balaban J connectivity index is 1.47. The first kappa shape index (κ1) is 36.6. The Bertz CT molecular complexity index is 2370. The minimum absolute atomic E-state index is 0.0282. The Kier molecular flexibility index (Phi) is 7.54. The lowest BCUT2D eigenvalue weighted by Crippen LogP contribution is -2.42. The minimum Gasteiger partial charge on any atom is -0.457 e. The quantitative estimate of drug-likeness (QED) is 0.180. The Hall–Kier alpha value is -5.02. The Morgan fingerprint density at radius 1 is 0.357 bits per heavy atom. The predicted octanol–water partition coefficient (Wildman–Crippen LogP) is 13.5. The minimum atomic E-state index is -0.914. The summed E-state index contributed by atoms with van der Waals surface area (Å²) in [4.78, 5) is 11.4. The van der Waals surface area contributed by atoms with Crippen molar-refractivity contribution in [2.45, 2.75) is 110 Å². The Morgan fingerprint density at radius 2 is 0.696 bits per heavy atom. The summed E-state index contributed by atoms with van der Waals surface area (Å²) >= 11 is 0. The topological polar surface area (TPSA) is 35.0 Å². The third kappa shape index (κ3) is 4.46. The SMILES string of the molecule is CC1(C)c2cc3c(cc2C(C)(C)C1(C)C)C(c1cccc(-c2ccccc2)n1)(c1cccc(-c2ccccc2)n1)c1cc2c(cc1O3)C(C)(C)C(C)(C)C2(C)C. The first-order valence-corrected chi connectivity index (χ1v) is 20.4. The van der Waals surface area contributed by atoms with E-state index in [2.05, 4.69) is 204 Å². The number of benzene rings is 4. The van der Waals surface area contributed by atoms with Crippen LogP contribution < -0.4 is 4.74 Å². The molecule has 9 rings (SSSR count). The number of pyridine rings is 2. The van der Waals surface area contributed by atoms with Gasteiger partial charge in [-0.15, -0.1) is 0 Å². The van der Waals surface area contributed by atoms with Crippen LogP contribution in [0.15, 0.2) is 121 Å². The summed E-state index contributed by atoms with van der Waals surface area (Å²) in [5, 5.41) is 0. The summed E-state index contributed by atoms with van der Waals surface area (Å²) < 4.78 is 7.36. The zero-order valence-electron chi connectivity index (χ0n) is 35.3. The zero-order chi connectivity index (χ0) is 39.8. The fraction of sp³-hybridized carbons (Fsp3) is 0.358. The van der Waals surface area contributed by atoms with Gasteiger partial charge in [0, 0.05) is 22.3 Å². The van der Waals surface area contributed by atoms with Gasteiger partial charge in [-0.05, 0) is 103 Å². The Labute approximate surface area is 334 Å². The smallest absolute Gasteiger partial charge is 0.132 e. The normalized spacial score (nSPS) is 20.6. The molecule has 0 atom stereocenters. The molecular weight excluding hydrogens is 681 g/mol. The molecule has 3 heteroatoms. The standard InChI is InChI=1S/C53H56N2O/c1-47(2)35-29-39-43(31-37(35)49(5,6)51(47,9)10)56-44-32-38-36(48(3,4)52(11,12)50(38,7)8)30-40(44)53(39,45-27-19-25-41(54-45)33-21-15-13-16-22-33)46-28-20-26-42(55-46)34-23-17-14-18-24-34/h13-32H,1-12H3. The van der Waals surface area contributed by atoms with Crippen LogP contribution in [-0.2, 0) is 27.1 Å². The highest BCUT2D eigenvalue weighted by atomic mass is 16.5. The molecule has 56 heavy (non-hydrogen) atoms. The summed E-state index contributed by atoms with van der Waals surface area (Å²) in [5.74, 6) is 1.76. The summed E-state index contributed by atoms with van der Waals surface area (Å²) in [6, 6.07) is 43.9. The van der Waals surface area contributed by atoms with Gasteiger partial charge >= 0.3 is 0 Å². The van der Waals surface area contributed by atoms with E-state index < -0.39 is 5.41 Å². The second kappa shape index (κ2) is 11.5. The molecule has 3 heterocycles. The van der Waals surface area contributed by atoms with Gasteiger partial charge in [0.05, 0.1) is 22.8 Å². The van der Waals surface area contributed by atoms with Gasteiger partial charge < -0.3 is 4.74 Å². The molecule has 1 aliphatic heterocycles. The third-order valence-electron chi connectivity index (χ3n) is 16.6. The summed E-state index contributed by atoms with van der Waals surface area (Å²) in [6.45, 7) is 29.1. The van der Waals surface area contributed by atoms with Gasteiger partial charge in [-0.1, -0.05) is 156 Å². The molecule has 0 fully saturated rings. The van der Waals surface area contributed by atoms with Crippen LogP contribution >= 0.6 is 0 Å². The fourth-order valence-corrected chi connectivity index (χ4v) is 10.7. The fourth-order valence-electron chi connectivity index (χ4n) is 10.7. The first-order valence-electron chi connectivity index (χ1n) is 20.4. The lowest BCUT2D eigenvalue weighted by atomic mass is 9.59. The summed E-state index contributed by atoms with van der Waals surface area (Å²) in [7, 11) is 0. The van der Waals surface area contributed by atoms with E-state index in [9.17, 15) is 0 Å². The molecule has 0 unspecified atom stereocenters. The van der Waals surface area contributed by atoms with E-state index in [1.54, 1.807) is 0 Å². The molecule has 0 N–H and O–H groups in total. The van der Waals surface area contributed by atoms with Gasteiger partial charge in [-0.3, -0.25) is 9.97 Å². The summed E-state index contributed by atoms with van der Waals surface area (Å²) in [6.07, 6.45) is 0. The number of hydrogen-bond donors (Lipinski definition) is 0. The molecule has 2 aliphatic carbocycles. The van der Waals surface area contributed by atoms with Crippen LogP contribution in [0.1, 0.15) is 128 Å². The van der Waals surface area contributed by atoms with Crippen molar-refractivity contribution in [1.29, 1.82) is 0 Å². The summed E-state index contributed by atoms with van der Waals surface area (Å²) in [5.41, 5.74) is 12.1. The van der Waals surface area contributed by atoms with E-state index >= 15 is 0 Å². The molecule has 0 saturated carbocycles. The molecule has 0 amide bonds.